The topological polar surface area (TPSA) is 20.2 Å². The predicted molar refractivity (Wildman–Crippen MR) is 47.7 cm³/mol. The molecule has 1 aromatic rings. The molecule has 0 saturated heterocycles. The molecular weight excluding hydrogens is 206 g/mol. The van der Waals surface area contributed by atoms with Crippen LogP contribution in [0.25, 0.3) is 0 Å². The van der Waals surface area contributed by atoms with Gasteiger partial charge in [0.15, 0.2) is 0 Å². The fourth-order valence-electron chi connectivity index (χ4n) is 0.682. The molecule has 4 heteroatoms. The van der Waals surface area contributed by atoms with Crippen LogP contribution in [-0.4, -0.2) is 5.11 Å². The molecule has 0 unspecified atom stereocenters. The van der Waals surface area contributed by atoms with Crippen LogP contribution in [0.2, 0.25) is 10.0 Å². The summed E-state index contributed by atoms with van der Waals surface area (Å²) < 4.78 is 0. The van der Waals surface area contributed by atoms with Crippen LogP contribution in [0.5, 0.6) is 5.75 Å². The molecule has 0 radical (unpaired) electrons. The lowest BCUT2D eigenvalue weighted by molar-refractivity contribution is 0.475. The lowest BCUT2D eigenvalue weighted by Gasteiger charge is -2.02. The number of hydrogen-bond acceptors (Lipinski definition) is 1. The maximum Gasteiger partial charge on any atom is 0.135 e. The molecule has 0 atom stereocenters. The van der Waals surface area contributed by atoms with E-state index in [4.69, 9.17) is 39.9 Å². The van der Waals surface area contributed by atoms with Gasteiger partial charge in [0.25, 0.3) is 0 Å². The van der Waals surface area contributed by atoms with E-state index in [1.54, 1.807) is 6.07 Å². The van der Waals surface area contributed by atoms with Crippen LogP contribution in [0.1, 0.15) is 5.56 Å². The molecule has 11 heavy (non-hydrogen) atoms. The van der Waals surface area contributed by atoms with Crippen molar-refractivity contribution in [3.63, 3.8) is 0 Å². The number of benzene rings is 1. The van der Waals surface area contributed by atoms with E-state index >= 15 is 0 Å². The number of aromatic hydroxyl groups is 1. The van der Waals surface area contributed by atoms with Crippen LogP contribution in [0.15, 0.2) is 12.1 Å². The van der Waals surface area contributed by atoms with Gasteiger partial charge in [0.1, 0.15) is 10.8 Å². The van der Waals surface area contributed by atoms with Crippen LogP contribution in [-0.2, 0) is 5.88 Å². The quantitative estimate of drug-likeness (QED) is 0.706. The van der Waals surface area contributed by atoms with E-state index in [0.717, 1.165) is 5.56 Å². The molecule has 0 bridgehead atoms. The molecule has 1 N–H and O–H groups in total. The standard InChI is InChI=1S/C7H5Cl3O/c8-3-4-1-2-5(11)7(10)6(4)9/h1-2,11H,3H2. The number of halogens is 3. The third kappa shape index (κ3) is 1.73. The Morgan fingerprint density at radius 2 is 1.82 bits per heavy atom. The molecule has 0 aliphatic rings. The first-order valence-electron chi connectivity index (χ1n) is 2.88. The minimum atomic E-state index is -0.0227. The minimum absolute atomic E-state index is 0.0227. The summed E-state index contributed by atoms with van der Waals surface area (Å²) in [6, 6.07) is 3.10. The van der Waals surface area contributed by atoms with Crippen LogP contribution in [0, 0.1) is 0 Å². The van der Waals surface area contributed by atoms with Gasteiger partial charge in [0, 0.05) is 5.88 Å². The summed E-state index contributed by atoms with van der Waals surface area (Å²) in [5, 5.41) is 9.54. The molecule has 1 rings (SSSR count). The Morgan fingerprint density at radius 3 is 2.36 bits per heavy atom. The van der Waals surface area contributed by atoms with Crippen molar-refractivity contribution in [3.05, 3.63) is 27.7 Å². The monoisotopic (exact) mass is 210 g/mol. The highest BCUT2D eigenvalue weighted by atomic mass is 35.5. The summed E-state index contributed by atoms with van der Waals surface area (Å²) in [6.07, 6.45) is 0. The first-order chi connectivity index (χ1) is 5.16. The van der Waals surface area contributed by atoms with Crippen molar-refractivity contribution in [1.29, 1.82) is 0 Å². The van der Waals surface area contributed by atoms with Crippen molar-refractivity contribution < 1.29 is 5.11 Å². The maximum atomic E-state index is 9.06. The first-order valence-corrected chi connectivity index (χ1v) is 4.17. The van der Waals surface area contributed by atoms with Gasteiger partial charge in [-0.05, 0) is 11.6 Å². The Balaban J connectivity index is 3.25. The van der Waals surface area contributed by atoms with E-state index in [1.165, 1.54) is 6.07 Å². The largest absolute Gasteiger partial charge is 0.506 e. The minimum Gasteiger partial charge on any atom is -0.506 e. The van der Waals surface area contributed by atoms with Crippen molar-refractivity contribution in [2.24, 2.45) is 0 Å². The molecular formula is C7H5Cl3O. The second kappa shape index (κ2) is 3.53. The second-order valence-electron chi connectivity index (χ2n) is 2.01. The Bertz CT molecular complexity index is 273. The molecule has 0 aliphatic carbocycles. The third-order valence-electron chi connectivity index (χ3n) is 1.29. The first kappa shape index (κ1) is 8.98. The zero-order valence-corrected chi connectivity index (χ0v) is 7.71. The molecule has 60 valence electrons. The smallest absolute Gasteiger partial charge is 0.135 e. The zero-order chi connectivity index (χ0) is 8.43. The number of rotatable bonds is 1. The third-order valence-corrected chi connectivity index (χ3v) is 2.48. The van der Waals surface area contributed by atoms with Gasteiger partial charge in [-0.2, -0.15) is 0 Å². The van der Waals surface area contributed by atoms with Crippen molar-refractivity contribution in [1.82, 2.24) is 0 Å². The molecule has 0 aliphatic heterocycles. The summed E-state index contributed by atoms with van der Waals surface area (Å²) in [5.41, 5.74) is 0.719. The normalized spacial score (nSPS) is 10.1. The highest BCUT2D eigenvalue weighted by molar-refractivity contribution is 6.43. The molecule has 0 saturated carbocycles. The van der Waals surface area contributed by atoms with Gasteiger partial charge < -0.3 is 5.11 Å². The summed E-state index contributed by atoms with van der Waals surface area (Å²) >= 11 is 16.9. The van der Waals surface area contributed by atoms with E-state index < -0.39 is 0 Å². The molecule has 1 nitrogen and oxygen atoms in total. The molecule has 0 heterocycles. The van der Waals surface area contributed by atoms with Gasteiger partial charge >= 0.3 is 0 Å². The van der Waals surface area contributed by atoms with Crippen molar-refractivity contribution >= 4 is 34.8 Å². The van der Waals surface area contributed by atoms with Crippen LogP contribution in [0.4, 0.5) is 0 Å². The maximum absolute atomic E-state index is 9.06. The van der Waals surface area contributed by atoms with Gasteiger partial charge in [-0.25, -0.2) is 0 Å². The molecule has 0 fully saturated rings. The predicted octanol–water partition coefficient (Wildman–Crippen LogP) is 3.44. The number of hydrogen-bond donors (Lipinski definition) is 1. The highest BCUT2D eigenvalue weighted by Gasteiger charge is 2.07. The van der Waals surface area contributed by atoms with Crippen LogP contribution >= 0.6 is 34.8 Å². The highest BCUT2D eigenvalue weighted by Crippen LogP contribution is 2.34. The SMILES string of the molecule is Oc1ccc(CCl)c(Cl)c1Cl. The summed E-state index contributed by atoms with van der Waals surface area (Å²) in [6.45, 7) is 0. The summed E-state index contributed by atoms with van der Waals surface area (Å²) in [4.78, 5) is 0. The van der Waals surface area contributed by atoms with Gasteiger partial charge in [0.05, 0.1) is 5.02 Å². The Labute approximate surface area is 79.5 Å². The summed E-state index contributed by atoms with van der Waals surface area (Å²) in [5.74, 6) is 0.268. The number of alkyl halides is 1. The van der Waals surface area contributed by atoms with Gasteiger partial charge in [0.2, 0.25) is 0 Å². The van der Waals surface area contributed by atoms with Gasteiger partial charge in [-0.1, -0.05) is 29.3 Å². The van der Waals surface area contributed by atoms with Crippen molar-refractivity contribution in [2.75, 3.05) is 0 Å². The Hall–Kier alpha value is -0.110. The Morgan fingerprint density at radius 1 is 1.18 bits per heavy atom. The van der Waals surface area contributed by atoms with E-state index in [-0.39, 0.29) is 10.8 Å². The van der Waals surface area contributed by atoms with E-state index in [1.807, 2.05) is 0 Å². The lowest BCUT2D eigenvalue weighted by Crippen LogP contribution is -1.80. The molecule has 0 aromatic heterocycles. The number of phenols is 1. The van der Waals surface area contributed by atoms with Crippen molar-refractivity contribution in [2.45, 2.75) is 5.88 Å². The van der Waals surface area contributed by atoms with Crippen molar-refractivity contribution in [3.8, 4) is 5.75 Å². The number of phenolic OH excluding ortho intramolecular Hbond substituents is 1. The van der Waals surface area contributed by atoms with Crippen LogP contribution < -0.4 is 0 Å². The van der Waals surface area contributed by atoms with Crippen LogP contribution in [0.3, 0.4) is 0 Å². The second-order valence-corrected chi connectivity index (χ2v) is 3.03. The fraction of sp³-hybridized carbons (Fsp3) is 0.143. The average Bonchev–Trinajstić information content (AvgIpc) is 2.01. The molecule has 1 aromatic carbocycles. The van der Waals surface area contributed by atoms with Gasteiger partial charge in [-0.3, -0.25) is 0 Å². The summed E-state index contributed by atoms with van der Waals surface area (Å²) in [7, 11) is 0. The Kier molecular flexibility index (Phi) is 2.88. The molecule has 0 spiro atoms. The fourth-order valence-corrected chi connectivity index (χ4v) is 1.38. The van der Waals surface area contributed by atoms with E-state index in [9.17, 15) is 0 Å². The zero-order valence-electron chi connectivity index (χ0n) is 5.44. The van der Waals surface area contributed by atoms with E-state index in [2.05, 4.69) is 0 Å². The lowest BCUT2D eigenvalue weighted by atomic mass is 10.2. The van der Waals surface area contributed by atoms with Gasteiger partial charge in [-0.15, -0.1) is 11.6 Å². The molecule has 0 amide bonds. The van der Waals surface area contributed by atoms with E-state index in [0.29, 0.717) is 10.9 Å². The average molecular weight is 211 g/mol.